The predicted octanol–water partition coefficient (Wildman–Crippen LogP) is 5.55. The number of rotatable bonds is 12. The van der Waals surface area contributed by atoms with E-state index in [-0.39, 0.29) is 36.0 Å². The molecule has 5 aromatic rings. The van der Waals surface area contributed by atoms with Crippen LogP contribution in [0.1, 0.15) is 44.0 Å². The summed E-state index contributed by atoms with van der Waals surface area (Å²) in [5.74, 6) is -1.22. The number of likely N-dealkylation sites (tertiary alicyclic amines) is 1. The Balaban J connectivity index is 1.09. The molecule has 2 aromatic heterocycles. The van der Waals surface area contributed by atoms with Gasteiger partial charge in [-0.05, 0) is 74.7 Å². The van der Waals surface area contributed by atoms with Crippen LogP contribution in [0.15, 0.2) is 79.3 Å². The monoisotopic (exact) mass is 773 g/mol. The van der Waals surface area contributed by atoms with Crippen LogP contribution >= 0.6 is 11.6 Å². The number of nitrogens with zero attached hydrogens (tertiary/aromatic N) is 5. The summed E-state index contributed by atoms with van der Waals surface area (Å²) in [6.45, 7) is 6.22. The van der Waals surface area contributed by atoms with Crippen LogP contribution in [-0.2, 0) is 25.6 Å². The minimum absolute atomic E-state index is 0.00972. The second-order valence-electron chi connectivity index (χ2n) is 14.0. The molecule has 16 heteroatoms. The Bertz CT molecular complexity index is 2220. The molecule has 3 amide bonds. The average Bonchev–Trinajstić information content (AvgIpc) is 3.89. The number of amides is 3. The second kappa shape index (κ2) is 16.6. The largest absolute Gasteiger partial charge is 0.488 e. The fourth-order valence-electron chi connectivity index (χ4n) is 6.24. The summed E-state index contributed by atoms with van der Waals surface area (Å²) in [5, 5.41) is 15.3. The first-order chi connectivity index (χ1) is 26.3. The number of esters is 1. The fraction of sp³-hybridized carbons (Fsp3) is 0.333. The van der Waals surface area contributed by atoms with Gasteiger partial charge in [-0.25, -0.2) is 18.7 Å². The van der Waals surface area contributed by atoms with E-state index in [4.69, 9.17) is 25.8 Å². The van der Waals surface area contributed by atoms with Crippen LogP contribution in [0.4, 0.5) is 9.18 Å². The van der Waals surface area contributed by atoms with Crippen molar-refractivity contribution in [3.8, 4) is 22.6 Å². The highest BCUT2D eigenvalue weighted by Crippen LogP contribution is 2.32. The normalized spacial score (nSPS) is 15.5. The summed E-state index contributed by atoms with van der Waals surface area (Å²) in [4.78, 5) is 52.4. The van der Waals surface area contributed by atoms with E-state index in [1.165, 1.54) is 41.2 Å². The SMILES string of the molecule is COC(=O)[C@@H]1C[C@H](Oc2cccc(-c3cccc4nn(CC(=O)NCCCNC(=O)OC(C)(C)C)cc34)c2)CN1C(=O)c1cnn(-c2ccc(F)cc2Cl)c1. The van der Waals surface area contributed by atoms with Gasteiger partial charge in [-0.15, -0.1) is 0 Å². The quantitative estimate of drug-likeness (QED) is 0.123. The second-order valence-corrected chi connectivity index (χ2v) is 14.4. The maximum absolute atomic E-state index is 13.7. The summed E-state index contributed by atoms with van der Waals surface area (Å²) in [6.07, 6.45) is 4.34. The number of carbonyl (C=O) groups is 4. The summed E-state index contributed by atoms with van der Waals surface area (Å²) in [7, 11) is 1.27. The summed E-state index contributed by atoms with van der Waals surface area (Å²) < 4.78 is 33.1. The van der Waals surface area contributed by atoms with Crippen LogP contribution in [0.5, 0.6) is 5.75 Å². The first-order valence-corrected chi connectivity index (χ1v) is 18.0. The Kier molecular flexibility index (Phi) is 11.7. The van der Waals surface area contributed by atoms with Gasteiger partial charge in [0.05, 0.1) is 41.6 Å². The van der Waals surface area contributed by atoms with Gasteiger partial charge in [-0.2, -0.15) is 10.2 Å². The smallest absolute Gasteiger partial charge is 0.407 e. The first kappa shape index (κ1) is 38.8. The Hall–Kier alpha value is -5.96. The molecule has 2 atom stereocenters. The number of methoxy groups -OCH3 is 1. The molecule has 1 aliphatic heterocycles. The van der Waals surface area contributed by atoms with E-state index < -0.39 is 41.5 Å². The molecule has 0 saturated carbocycles. The van der Waals surface area contributed by atoms with Gasteiger partial charge in [0.25, 0.3) is 5.91 Å². The number of hydrogen-bond acceptors (Lipinski definition) is 9. The van der Waals surface area contributed by atoms with Crippen LogP contribution in [0, 0.1) is 5.82 Å². The molecule has 1 saturated heterocycles. The minimum atomic E-state index is -0.894. The number of benzene rings is 3. The molecule has 14 nitrogen and oxygen atoms in total. The molecule has 55 heavy (non-hydrogen) atoms. The van der Waals surface area contributed by atoms with Crippen molar-refractivity contribution in [3.05, 3.63) is 95.7 Å². The molecule has 1 aliphatic rings. The van der Waals surface area contributed by atoms with Gasteiger partial charge in [-0.3, -0.25) is 14.3 Å². The third-order valence-electron chi connectivity index (χ3n) is 8.68. The number of fused-ring (bicyclic) bond motifs is 1. The summed E-state index contributed by atoms with van der Waals surface area (Å²) in [5.41, 5.74) is 2.43. The molecule has 1 fully saturated rings. The van der Waals surface area contributed by atoms with Crippen molar-refractivity contribution in [1.29, 1.82) is 0 Å². The number of nitrogens with one attached hydrogen (secondary N) is 2. The maximum Gasteiger partial charge on any atom is 0.407 e. The molecule has 2 N–H and O–H groups in total. The maximum atomic E-state index is 13.7. The topological polar surface area (TPSA) is 159 Å². The number of ether oxygens (including phenoxy) is 3. The molecule has 0 spiro atoms. The first-order valence-electron chi connectivity index (χ1n) is 17.6. The molecule has 3 aromatic carbocycles. The van der Waals surface area contributed by atoms with Crippen molar-refractivity contribution in [2.45, 2.75) is 57.9 Å². The van der Waals surface area contributed by atoms with Gasteiger partial charge in [0.1, 0.15) is 35.9 Å². The molecular weight excluding hydrogens is 733 g/mol. The van der Waals surface area contributed by atoms with Gasteiger partial charge in [0.2, 0.25) is 5.91 Å². The highest BCUT2D eigenvalue weighted by molar-refractivity contribution is 6.32. The predicted molar refractivity (Wildman–Crippen MR) is 201 cm³/mol. The van der Waals surface area contributed by atoms with Gasteiger partial charge in [0, 0.05) is 37.3 Å². The van der Waals surface area contributed by atoms with E-state index in [9.17, 15) is 23.6 Å². The molecule has 0 radical (unpaired) electrons. The molecule has 6 rings (SSSR count). The Morgan fingerprint density at radius 2 is 1.78 bits per heavy atom. The minimum Gasteiger partial charge on any atom is -0.488 e. The van der Waals surface area contributed by atoms with Crippen molar-refractivity contribution in [2.75, 3.05) is 26.7 Å². The third-order valence-corrected chi connectivity index (χ3v) is 8.98. The van der Waals surface area contributed by atoms with Crippen molar-refractivity contribution in [3.63, 3.8) is 0 Å². The molecule has 3 heterocycles. The van der Waals surface area contributed by atoms with Crippen LogP contribution in [0.3, 0.4) is 0 Å². The van der Waals surface area contributed by atoms with Gasteiger partial charge in [-0.1, -0.05) is 35.9 Å². The highest BCUT2D eigenvalue weighted by Gasteiger charge is 2.42. The summed E-state index contributed by atoms with van der Waals surface area (Å²) in [6, 6.07) is 16.1. The van der Waals surface area contributed by atoms with Crippen LogP contribution < -0.4 is 15.4 Å². The standard InChI is InChI=1S/C39H41ClFN7O7/c1-39(2,3)55-38(52)43-15-7-14-42-35(49)23-46-22-30-29(10-6-11-32(30)45-46)24-8-5-9-27(16-24)54-28-18-34(37(51)53-4)47(21-28)36(50)25-19-44-48(20-25)33-13-12-26(41)17-31(33)40/h5-6,8-13,16-17,19-20,22,28,34H,7,14-15,18,21,23H2,1-4H3,(H,42,49)(H,43,52)/t28-,34-/m0/s1. The van der Waals surface area contributed by atoms with Crippen molar-refractivity contribution < 1.29 is 37.8 Å². The van der Waals surface area contributed by atoms with E-state index in [1.807, 2.05) is 42.6 Å². The zero-order chi connectivity index (χ0) is 39.3. The van der Waals surface area contributed by atoms with Crippen LogP contribution in [0.2, 0.25) is 5.02 Å². The van der Waals surface area contributed by atoms with E-state index in [0.29, 0.717) is 36.5 Å². The van der Waals surface area contributed by atoms with Crippen molar-refractivity contribution in [2.24, 2.45) is 0 Å². The summed E-state index contributed by atoms with van der Waals surface area (Å²) >= 11 is 6.20. The number of carbonyl (C=O) groups excluding carboxylic acids is 4. The van der Waals surface area contributed by atoms with E-state index in [0.717, 1.165) is 22.6 Å². The van der Waals surface area contributed by atoms with Gasteiger partial charge < -0.3 is 29.7 Å². The Morgan fingerprint density at radius 3 is 2.55 bits per heavy atom. The molecular formula is C39H41ClFN7O7. The lowest BCUT2D eigenvalue weighted by molar-refractivity contribution is -0.145. The lowest BCUT2D eigenvalue weighted by Gasteiger charge is -2.21. The van der Waals surface area contributed by atoms with Crippen molar-refractivity contribution in [1.82, 2.24) is 35.1 Å². The molecule has 288 valence electrons. The van der Waals surface area contributed by atoms with Gasteiger partial charge >= 0.3 is 12.1 Å². The zero-order valence-corrected chi connectivity index (χ0v) is 31.5. The van der Waals surface area contributed by atoms with Crippen molar-refractivity contribution >= 4 is 46.4 Å². The molecule has 0 unspecified atom stereocenters. The lowest BCUT2D eigenvalue weighted by Crippen LogP contribution is -2.41. The molecule has 0 aliphatic carbocycles. The van der Waals surface area contributed by atoms with Gasteiger partial charge in [0.15, 0.2) is 0 Å². The lowest BCUT2D eigenvalue weighted by atomic mass is 10.0. The van der Waals surface area contributed by atoms with E-state index >= 15 is 0 Å². The fourth-order valence-corrected chi connectivity index (χ4v) is 6.50. The number of alkyl carbamates (subject to hydrolysis) is 1. The Morgan fingerprint density at radius 1 is 1.00 bits per heavy atom. The highest BCUT2D eigenvalue weighted by atomic mass is 35.5. The number of aromatic nitrogens is 4. The third kappa shape index (κ3) is 9.59. The van der Waals surface area contributed by atoms with E-state index in [2.05, 4.69) is 20.8 Å². The Labute approximate surface area is 321 Å². The van der Waals surface area contributed by atoms with E-state index in [1.54, 1.807) is 31.5 Å². The average molecular weight is 774 g/mol. The van der Waals surface area contributed by atoms with Crippen LogP contribution in [0.25, 0.3) is 27.7 Å². The van der Waals surface area contributed by atoms with Crippen LogP contribution in [-0.4, -0.2) is 92.8 Å². The zero-order valence-electron chi connectivity index (χ0n) is 30.8. The number of hydrogen-bond donors (Lipinski definition) is 2. The number of halogens is 2. The molecule has 0 bridgehead atoms.